The molecule has 17 nitrogen and oxygen atoms in total. The molecule has 4 heterocycles. The fraction of sp³-hybridized carbons (Fsp3) is 0.800. The van der Waals surface area contributed by atoms with E-state index in [-0.39, 0.29) is 18.8 Å². The van der Waals surface area contributed by atoms with Crippen LogP contribution in [0.15, 0.2) is 33.6 Å². The molecule has 1 aromatic rings. The van der Waals surface area contributed by atoms with Crippen molar-refractivity contribution in [1.82, 2.24) is 24.7 Å². The van der Waals surface area contributed by atoms with E-state index in [1.54, 1.807) is 18.0 Å². The second-order valence-electron chi connectivity index (χ2n) is 15.8. The van der Waals surface area contributed by atoms with Crippen LogP contribution in [0, 0.1) is 0 Å². The normalized spacial score (nSPS) is 28.8. The molecule has 0 spiro atoms. The van der Waals surface area contributed by atoms with E-state index in [4.69, 9.17) is 19.9 Å². The number of aliphatic hydroxyl groups is 4. The van der Waals surface area contributed by atoms with Gasteiger partial charge in [-0.25, -0.2) is 4.79 Å². The summed E-state index contributed by atoms with van der Waals surface area (Å²) in [4.78, 5) is 56.8. The first kappa shape index (κ1) is 46.7. The number of nitrogens with zero attached hydrogens (tertiary/aromatic N) is 3. The maximum atomic E-state index is 14.3. The minimum atomic E-state index is -1.75. The van der Waals surface area contributed by atoms with Crippen molar-refractivity contribution in [2.45, 2.75) is 171 Å². The summed E-state index contributed by atoms with van der Waals surface area (Å²) in [6.07, 6.45) is 9.03. The molecule has 0 bridgehead atoms. The van der Waals surface area contributed by atoms with Gasteiger partial charge in [-0.1, -0.05) is 103 Å². The quantitative estimate of drug-likeness (QED) is 0.0722. The van der Waals surface area contributed by atoms with Gasteiger partial charge in [-0.3, -0.25) is 28.8 Å². The average Bonchev–Trinajstić information content (AvgIpc) is 3.59. The Hall–Kier alpha value is -3.00. The van der Waals surface area contributed by atoms with Gasteiger partial charge < -0.3 is 50.6 Å². The van der Waals surface area contributed by atoms with Crippen LogP contribution in [0.25, 0.3) is 0 Å². The molecule has 10 atom stereocenters. The number of rotatable bonds is 24. The minimum Gasteiger partial charge on any atom is -0.387 e. The maximum Gasteiger partial charge on any atom is 0.330 e. The van der Waals surface area contributed by atoms with Gasteiger partial charge in [0.1, 0.15) is 54.5 Å². The van der Waals surface area contributed by atoms with Crippen molar-refractivity contribution >= 4 is 11.8 Å². The third kappa shape index (κ3) is 12.7. The van der Waals surface area contributed by atoms with Crippen LogP contribution in [0.2, 0.25) is 0 Å². The number of amides is 2. The molecule has 8 N–H and O–H groups in total. The zero-order valence-corrected chi connectivity index (χ0v) is 34.0. The van der Waals surface area contributed by atoms with E-state index in [2.05, 4.69) is 17.2 Å². The van der Waals surface area contributed by atoms with Crippen molar-refractivity contribution in [2.24, 2.45) is 5.73 Å². The van der Waals surface area contributed by atoms with Gasteiger partial charge in [0.05, 0.1) is 0 Å². The van der Waals surface area contributed by atoms with E-state index in [0.29, 0.717) is 6.54 Å². The number of carbonyl (C=O) groups is 2. The van der Waals surface area contributed by atoms with Gasteiger partial charge in [0, 0.05) is 38.9 Å². The highest BCUT2D eigenvalue weighted by Gasteiger charge is 2.55. The predicted molar refractivity (Wildman–Crippen MR) is 212 cm³/mol. The Morgan fingerprint density at radius 3 is 1.98 bits per heavy atom. The Morgan fingerprint density at radius 2 is 1.44 bits per heavy atom. The van der Waals surface area contributed by atoms with Crippen LogP contribution in [-0.2, 0) is 23.8 Å². The SMILES string of the molecule is CCCCCCCCCCCCCCCCCCNC(=O)C1=CCN(C)[C@@H]([C@H](O[C@@H]2O[C@H](CN)[C@@H](O)[C@H]2O)[C@H]2O[C@@H](n3ccc(=O)[nH]c3=O)[C@H](O)[C@@H]2O)C(=O)N1C. The van der Waals surface area contributed by atoms with Gasteiger partial charge in [0.25, 0.3) is 11.5 Å². The molecule has 1 aromatic heterocycles. The van der Waals surface area contributed by atoms with Crippen molar-refractivity contribution < 1.29 is 44.2 Å². The smallest absolute Gasteiger partial charge is 0.330 e. The summed E-state index contributed by atoms with van der Waals surface area (Å²) in [6, 6.07) is -0.266. The van der Waals surface area contributed by atoms with E-state index in [9.17, 15) is 39.6 Å². The van der Waals surface area contributed by atoms with Crippen molar-refractivity contribution in [3.05, 3.63) is 44.9 Å². The zero-order valence-electron chi connectivity index (χ0n) is 34.0. The highest BCUT2D eigenvalue weighted by Crippen LogP contribution is 2.36. The van der Waals surface area contributed by atoms with Crippen molar-refractivity contribution in [3.8, 4) is 0 Å². The van der Waals surface area contributed by atoms with Crippen LogP contribution in [0.1, 0.15) is 116 Å². The van der Waals surface area contributed by atoms with Crippen molar-refractivity contribution in [2.75, 3.05) is 33.7 Å². The summed E-state index contributed by atoms with van der Waals surface area (Å²) in [5.74, 6) is -1.07. The van der Waals surface area contributed by atoms with Crippen LogP contribution in [0.4, 0.5) is 0 Å². The Balaban J connectivity index is 1.31. The van der Waals surface area contributed by atoms with Crippen LogP contribution < -0.4 is 22.3 Å². The first-order chi connectivity index (χ1) is 27.4. The Morgan fingerprint density at radius 1 is 0.860 bits per heavy atom. The molecule has 57 heavy (non-hydrogen) atoms. The van der Waals surface area contributed by atoms with Crippen molar-refractivity contribution in [1.29, 1.82) is 0 Å². The fourth-order valence-electron chi connectivity index (χ4n) is 7.91. The molecule has 324 valence electrons. The summed E-state index contributed by atoms with van der Waals surface area (Å²) in [5, 5.41) is 46.6. The standard InChI is InChI=1S/C40H68N6O11/c1-4-5-6-7-8-9-10-11-12-13-14-15-16-17-18-19-22-42-36(52)26-20-23-44(2)29(37(53)45(26)3)34(57-39-33(51)30(48)27(25-41)55-39)35-31(49)32(50)38(56-35)46-24-21-28(47)43-40(46)54/h20-21,24,27,29-35,38-39,48-51H,4-19,22-23,25,41H2,1-3H3,(H,42,52)(H,43,47,54)/t27-,29+,30-,31+,32-,33-,34+,35+,38-,39+/m1/s1. The molecule has 0 saturated carbocycles. The number of hydrogen-bond acceptors (Lipinski definition) is 13. The lowest BCUT2D eigenvalue weighted by molar-refractivity contribution is -0.232. The number of aliphatic hydroxyl groups excluding tert-OH is 4. The van der Waals surface area contributed by atoms with Gasteiger partial charge >= 0.3 is 5.69 Å². The lowest BCUT2D eigenvalue weighted by Gasteiger charge is -2.38. The number of hydrogen-bond donors (Lipinski definition) is 7. The van der Waals surface area contributed by atoms with E-state index in [0.717, 1.165) is 42.5 Å². The number of aromatic amines is 1. The predicted octanol–water partition coefficient (Wildman–Crippen LogP) is 0.980. The molecule has 0 aromatic carbocycles. The van der Waals surface area contributed by atoms with Gasteiger partial charge in [0.2, 0.25) is 5.91 Å². The lowest BCUT2D eigenvalue weighted by Crippen LogP contribution is -2.59. The topological polar surface area (TPSA) is 242 Å². The molecule has 4 rings (SSSR count). The summed E-state index contributed by atoms with van der Waals surface area (Å²) in [5.41, 5.74) is 4.21. The first-order valence-electron chi connectivity index (χ1n) is 21.1. The third-order valence-corrected chi connectivity index (χ3v) is 11.4. The molecular formula is C40H68N6O11. The number of unbranched alkanes of at least 4 members (excludes halogenated alkanes) is 15. The molecule has 3 aliphatic heterocycles. The highest BCUT2D eigenvalue weighted by atomic mass is 16.7. The number of ether oxygens (including phenoxy) is 3. The number of nitrogens with two attached hydrogens (primary N) is 1. The summed E-state index contributed by atoms with van der Waals surface area (Å²) >= 11 is 0. The number of nitrogens with one attached hydrogen (secondary N) is 2. The number of carbonyl (C=O) groups excluding carboxylic acids is 2. The summed E-state index contributed by atoms with van der Waals surface area (Å²) < 4.78 is 18.7. The van der Waals surface area contributed by atoms with Gasteiger partial charge in [0.15, 0.2) is 12.5 Å². The Bertz CT molecular complexity index is 1540. The van der Waals surface area contributed by atoms with Gasteiger partial charge in [-0.15, -0.1) is 0 Å². The average molecular weight is 809 g/mol. The van der Waals surface area contributed by atoms with E-state index < -0.39 is 84.4 Å². The van der Waals surface area contributed by atoms with E-state index >= 15 is 0 Å². The van der Waals surface area contributed by atoms with Gasteiger partial charge in [-0.05, 0) is 19.5 Å². The van der Waals surface area contributed by atoms with Crippen molar-refractivity contribution in [3.63, 3.8) is 0 Å². The highest BCUT2D eigenvalue weighted by molar-refractivity contribution is 5.99. The van der Waals surface area contributed by atoms with Crippen LogP contribution in [0.5, 0.6) is 0 Å². The Kier molecular flexibility index (Phi) is 19.3. The summed E-state index contributed by atoms with van der Waals surface area (Å²) in [6.45, 7) is 2.60. The largest absolute Gasteiger partial charge is 0.387 e. The summed E-state index contributed by atoms with van der Waals surface area (Å²) in [7, 11) is 3.02. The molecule has 3 aliphatic rings. The number of aromatic nitrogens is 2. The van der Waals surface area contributed by atoms with E-state index in [1.807, 2.05) is 0 Å². The molecule has 0 unspecified atom stereocenters. The lowest BCUT2D eigenvalue weighted by atomic mass is 9.97. The molecule has 0 aliphatic carbocycles. The number of H-pyrrole nitrogens is 1. The minimum absolute atomic E-state index is 0.0682. The Labute approximate surface area is 335 Å². The second kappa shape index (κ2) is 23.6. The van der Waals surface area contributed by atoms with Gasteiger partial charge in [-0.2, -0.15) is 0 Å². The second-order valence-corrected chi connectivity index (χ2v) is 15.8. The third-order valence-electron chi connectivity index (χ3n) is 11.4. The molecule has 2 fully saturated rings. The molecular weight excluding hydrogens is 740 g/mol. The van der Waals surface area contributed by atoms with E-state index in [1.165, 1.54) is 89.0 Å². The molecule has 17 heteroatoms. The first-order valence-corrected chi connectivity index (χ1v) is 21.1. The molecule has 2 amide bonds. The molecule has 2 saturated heterocycles. The number of likely N-dealkylation sites (N-methyl/N-ethyl adjacent to an activating group) is 2. The molecule has 0 radical (unpaired) electrons. The maximum absolute atomic E-state index is 14.3. The van der Waals surface area contributed by atoms with Crippen LogP contribution in [-0.4, -0.2) is 140 Å². The van der Waals surface area contributed by atoms with Crippen LogP contribution >= 0.6 is 0 Å². The fourth-order valence-corrected chi connectivity index (χ4v) is 7.91. The van der Waals surface area contributed by atoms with Crippen LogP contribution in [0.3, 0.4) is 0 Å². The zero-order chi connectivity index (χ0) is 41.5. The monoisotopic (exact) mass is 808 g/mol.